The highest BCUT2D eigenvalue weighted by Gasteiger charge is 2.80. The van der Waals surface area contributed by atoms with E-state index >= 15 is 0 Å². The Bertz CT molecular complexity index is 778. The Hall–Kier alpha value is -0.0400. The molecule has 2 nitrogen and oxygen atoms in total. The highest BCUT2D eigenvalue weighted by atomic mass is 35.5. The van der Waals surface area contributed by atoms with Crippen LogP contribution in [0.25, 0.3) is 0 Å². The average Bonchev–Trinajstić information content (AvgIpc) is 3.49. The molecule has 0 aromatic rings. The van der Waals surface area contributed by atoms with E-state index in [1.807, 2.05) is 0 Å². The summed E-state index contributed by atoms with van der Waals surface area (Å²) in [7, 11) is 0. The summed E-state index contributed by atoms with van der Waals surface area (Å²) in [6.45, 7) is 4.96. The molecule has 0 aromatic carbocycles. The molecule has 0 bridgehead atoms. The van der Waals surface area contributed by atoms with Crippen LogP contribution in [0, 0.1) is 64.2 Å². The van der Waals surface area contributed by atoms with E-state index < -0.39 is 0 Å². The van der Waals surface area contributed by atoms with Crippen LogP contribution in [0.1, 0.15) is 58.8 Å². The first-order chi connectivity index (χ1) is 12.7. The molecule has 148 valence electrons. The summed E-state index contributed by atoms with van der Waals surface area (Å²) in [5.74, 6) is 8.40. The molecule has 0 amide bonds. The summed E-state index contributed by atoms with van der Waals surface area (Å²) in [4.78, 5) is -0.180. The zero-order valence-electron chi connectivity index (χ0n) is 16.4. The SMILES string of the molecule is C[C@]12CCC3C(C4CC4[C@]4(Cl)C[C@@H](O)CC[C@]34C)C1C1CC1[C@@]2(S)C#CN. The molecule has 3 N–H and O–H groups in total. The predicted octanol–water partition coefficient (Wildman–Crippen LogP) is 4.05. The lowest BCUT2D eigenvalue weighted by atomic mass is 9.43. The number of thiol groups is 1. The van der Waals surface area contributed by atoms with Crippen LogP contribution in [0.3, 0.4) is 0 Å². The molecule has 6 saturated carbocycles. The van der Waals surface area contributed by atoms with Gasteiger partial charge in [-0.25, -0.2) is 0 Å². The summed E-state index contributed by atoms with van der Waals surface area (Å²) in [5, 5.41) is 10.4. The Labute approximate surface area is 173 Å². The van der Waals surface area contributed by atoms with E-state index in [1.54, 1.807) is 0 Å². The predicted molar refractivity (Wildman–Crippen MR) is 111 cm³/mol. The highest BCUT2D eigenvalue weighted by molar-refractivity contribution is 7.82. The number of hydrogen-bond donors (Lipinski definition) is 3. The van der Waals surface area contributed by atoms with Crippen molar-refractivity contribution in [3.63, 3.8) is 0 Å². The molecule has 7 unspecified atom stereocenters. The van der Waals surface area contributed by atoms with Crippen LogP contribution in [0.4, 0.5) is 0 Å². The number of aliphatic hydroxyl groups excluding tert-OH is 1. The van der Waals surface area contributed by atoms with Crippen LogP contribution in [-0.2, 0) is 0 Å². The van der Waals surface area contributed by atoms with Crippen LogP contribution in [0.15, 0.2) is 0 Å². The number of nitrogens with two attached hydrogens (primary N) is 1. The van der Waals surface area contributed by atoms with Gasteiger partial charge in [0.2, 0.25) is 0 Å². The van der Waals surface area contributed by atoms with E-state index in [4.69, 9.17) is 30.0 Å². The number of hydrogen-bond acceptors (Lipinski definition) is 3. The first-order valence-corrected chi connectivity index (χ1v) is 11.9. The van der Waals surface area contributed by atoms with Crippen molar-refractivity contribution in [1.29, 1.82) is 0 Å². The van der Waals surface area contributed by atoms with Gasteiger partial charge in [0, 0.05) is 6.04 Å². The van der Waals surface area contributed by atoms with Crippen LogP contribution in [-0.4, -0.2) is 20.8 Å². The minimum absolute atomic E-state index is 0.170. The third-order valence-electron chi connectivity index (χ3n) is 10.8. The van der Waals surface area contributed by atoms with Gasteiger partial charge in [0.1, 0.15) is 0 Å². The van der Waals surface area contributed by atoms with Crippen molar-refractivity contribution in [2.45, 2.75) is 74.5 Å². The van der Waals surface area contributed by atoms with Crippen molar-refractivity contribution in [2.75, 3.05) is 0 Å². The average molecular weight is 406 g/mol. The van der Waals surface area contributed by atoms with E-state index in [0.29, 0.717) is 17.8 Å². The van der Waals surface area contributed by atoms with Gasteiger partial charge in [0.25, 0.3) is 0 Å². The van der Waals surface area contributed by atoms with Crippen LogP contribution >= 0.6 is 24.2 Å². The van der Waals surface area contributed by atoms with Gasteiger partial charge in [-0.05, 0) is 97.2 Å². The third-order valence-corrected chi connectivity index (χ3v) is 12.6. The van der Waals surface area contributed by atoms with Crippen LogP contribution < -0.4 is 5.73 Å². The van der Waals surface area contributed by atoms with Crippen molar-refractivity contribution < 1.29 is 5.11 Å². The molecule has 6 rings (SSSR count). The fourth-order valence-electron chi connectivity index (χ4n) is 9.45. The van der Waals surface area contributed by atoms with E-state index in [9.17, 15) is 5.11 Å². The first kappa shape index (κ1) is 17.8. The number of rotatable bonds is 0. The zero-order chi connectivity index (χ0) is 19.0. The van der Waals surface area contributed by atoms with E-state index in [2.05, 4.69) is 25.8 Å². The molecule has 6 fully saturated rings. The molecule has 0 aromatic heterocycles. The summed E-state index contributed by atoms with van der Waals surface area (Å²) >= 11 is 12.7. The molecule has 0 radical (unpaired) electrons. The van der Waals surface area contributed by atoms with Crippen LogP contribution in [0.5, 0.6) is 0 Å². The summed E-state index contributed by atoms with van der Waals surface area (Å²) < 4.78 is -0.203. The Kier molecular flexibility index (Phi) is 3.28. The largest absolute Gasteiger partial charge is 0.393 e. The molecular weight excluding hydrogens is 374 g/mol. The second-order valence-electron chi connectivity index (χ2n) is 11.4. The maximum absolute atomic E-state index is 10.4. The lowest BCUT2D eigenvalue weighted by Gasteiger charge is -2.64. The van der Waals surface area contributed by atoms with Crippen molar-refractivity contribution in [3.05, 3.63) is 0 Å². The minimum atomic E-state index is -0.203. The van der Waals surface area contributed by atoms with Gasteiger partial charge in [0.05, 0.1) is 15.7 Å². The lowest BCUT2D eigenvalue weighted by Crippen LogP contribution is -2.63. The quantitative estimate of drug-likeness (QED) is 0.246. The molecule has 6 aliphatic rings. The Morgan fingerprint density at radius 2 is 1.74 bits per heavy atom. The van der Waals surface area contributed by atoms with Gasteiger partial charge in [-0.1, -0.05) is 19.8 Å². The molecule has 0 saturated heterocycles. The fourth-order valence-corrected chi connectivity index (χ4v) is 10.7. The maximum atomic E-state index is 10.4. The van der Waals surface area contributed by atoms with Gasteiger partial charge in [0.15, 0.2) is 0 Å². The summed E-state index contributed by atoms with van der Waals surface area (Å²) in [6.07, 6.45) is 7.63. The van der Waals surface area contributed by atoms with E-state index in [0.717, 1.165) is 42.9 Å². The number of halogens is 1. The Balaban J connectivity index is 1.44. The molecule has 4 heteroatoms. The molecular formula is C23H32ClNOS. The molecule has 12 atom stereocenters. The zero-order valence-corrected chi connectivity index (χ0v) is 18.1. The van der Waals surface area contributed by atoms with Crippen molar-refractivity contribution in [2.24, 2.45) is 58.0 Å². The van der Waals surface area contributed by atoms with E-state index in [1.165, 1.54) is 25.7 Å². The molecule has 6 aliphatic carbocycles. The lowest BCUT2D eigenvalue weighted by molar-refractivity contribution is -0.122. The Morgan fingerprint density at radius 1 is 1.04 bits per heavy atom. The molecule has 0 heterocycles. The monoisotopic (exact) mass is 405 g/mol. The van der Waals surface area contributed by atoms with Gasteiger partial charge in [-0.2, -0.15) is 12.6 Å². The summed E-state index contributed by atoms with van der Waals surface area (Å²) in [5.41, 5.74) is 6.06. The second-order valence-corrected chi connectivity index (χ2v) is 12.8. The van der Waals surface area contributed by atoms with E-state index in [-0.39, 0.29) is 26.6 Å². The standard InChI is InChI=1S/C23H32ClNOS/c1-20-5-3-12(26)11-22(20,24)16-9-13(16)18-15(20)4-6-21(2)19(18)14-10-17(14)23(21,27)7-8-25/h12-19,26-27H,3-6,9-11,25H2,1-2H3/t12-,13?,14?,15?,16?,17?,18?,19?,20+,21-,22+,23-/m0/s1. The van der Waals surface area contributed by atoms with Gasteiger partial charge in [-0.3, -0.25) is 0 Å². The van der Waals surface area contributed by atoms with Gasteiger partial charge in [-0.15, -0.1) is 11.6 Å². The van der Waals surface area contributed by atoms with Crippen molar-refractivity contribution in [3.8, 4) is 12.0 Å². The van der Waals surface area contributed by atoms with Crippen LogP contribution in [0.2, 0.25) is 0 Å². The van der Waals surface area contributed by atoms with Gasteiger partial charge < -0.3 is 10.8 Å². The normalized spacial score (nSPS) is 67.6. The number of aliphatic hydroxyl groups is 1. The molecule has 27 heavy (non-hydrogen) atoms. The Morgan fingerprint density at radius 3 is 2.48 bits per heavy atom. The molecule has 0 spiro atoms. The maximum Gasteiger partial charge on any atom is 0.0840 e. The van der Waals surface area contributed by atoms with Gasteiger partial charge >= 0.3 is 0 Å². The minimum Gasteiger partial charge on any atom is -0.393 e. The molecule has 0 aliphatic heterocycles. The third kappa shape index (κ3) is 1.80. The number of fused-ring (bicyclic) bond motifs is 10. The first-order valence-electron chi connectivity index (χ1n) is 11.0. The highest BCUT2D eigenvalue weighted by Crippen LogP contribution is 2.83. The fraction of sp³-hybridized carbons (Fsp3) is 0.913. The summed E-state index contributed by atoms with van der Waals surface area (Å²) in [6, 6.07) is 2.75. The number of alkyl halides is 1. The second kappa shape index (κ2) is 4.98. The topological polar surface area (TPSA) is 46.2 Å². The smallest absolute Gasteiger partial charge is 0.0840 e. The van der Waals surface area contributed by atoms with Crippen molar-refractivity contribution >= 4 is 24.2 Å². The van der Waals surface area contributed by atoms with Crippen molar-refractivity contribution in [1.82, 2.24) is 0 Å².